The lowest BCUT2D eigenvalue weighted by molar-refractivity contribution is 0.112. The molecule has 0 spiro atoms. The van der Waals surface area contributed by atoms with Crippen LogP contribution in [-0.2, 0) is 4.74 Å². The molecule has 3 heteroatoms. The van der Waals surface area contributed by atoms with Crippen LogP contribution in [0.2, 0.25) is 0 Å². The van der Waals surface area contributed by atoms with Gasteiger partial charge in [-0.15, -0.1) is 0 Å². The fraction of sp³-hybridized carbons (Fsp3) is 0.462. The van der Waals surface area contributed by atoms with Crippen LogP contribution in [0.3, 0.4) is 0 Å². The quantitative estimate of drug-likeness (QED) is 0.728. The van der Waals surface area contributed by atoms with Gasteiger partial charge in [-0.1, -0.05) is 0 Å². The smallest absolute Gasteiger partial charge is 0.150 e. The Balaban J connectivity index is 2.18. The summed E-state index contributed by atoms with van der Waals surface area (Å²) in [5.74, 6) is 0. The van der Waals surface area contributed by atoms with Crippen LogP contribution < -0.4 is 4.90 Å². The molecule has 0 bridgehead atoms. The van der Waals surface area contributed by atoms with Gasteiger partial charge in [-0.25, -0.2) is 0 Å². The number of rotatable bonds is 3. The van der Waals surface area contributed by atoms with Crippen molar-refractivity contribution in [2.45, 2.75) is 19.4 Å². The average molecular weight is 219 g/mol. The number of benzene rings is 1. The second-order valence-corrected chi connectivity index (χ2v) is 4.26. The first-order valence-corrected chi connectivity index (χ1v) is 5.58. The second-order valence-electron chi connectivity index (χ2n) is 4.26. The number of hydrogen-bond acceptors (Lipinski definition) is 3. The van der Waals surface area contributed by atoms with E-state index in [9.17, 15) is 4.79 Å². The number of nitrogens with zero attached hydrogens (tertiary/aromatic N) is 1. The summed E-state index contributed by atoms with van der Waals surface area (Å²) in [4.78, 5) is 13.0. The third kappa shape index (κ3) is 2.09. The first-order chi connectivity index (χ1) is 7.74. The molecule has 1 aliphatic heterocycles. The average Bonchev–Trinajstić information content (AvgIpc) is 2.77. The van der Waals surface area contributed by atoms with Crippen LogP contribution in [0.5, 0.6) is 0 Å². The van der Waals surface area contributed by atoms with Gasteiger partial charge in [0.05, 0.1) is 6.10 Å². The fourth-order valence-electron chi connectivity index (χ4n) is 2.25. The van der Waals surface area contributed by atoms with Gasteiger partial charge in [0.15, 0.2) is 0 Å². The molecule has 3 nitrogen and oxygen atoms in total. The molecule has 1 aliphatic rings. The van der Waals surface area contributed by atoms with Gasteiger partial charge in [-0.3, -0.25) is 4.79 Å². The number of aryl methyl sites for hydroxylation is 1. The molecule has 1 saturated heterocycles. The molecule has 2 rings (SSSR count). The fourth-order valence-corrected chi connectivity index (χ4v) is 2.25. The van der Waals surface area contributed by atoms with E-state index in [-0.39, 0.29) is 0 Å². The summed E-state index contributed by atoms with van der Waals surface area (Å²) in [7, 11) is 1.76. The zero-order valence-corrected chi connectivity index (χ0v) is 9.77. The van der Waals surface area contributed by atoms with E-state index in [2.05, 4.69) is 4.90 Å². The largest absolute Gasteiger partial charge is 0.380 e. The summed E-state index contributed by atoms with van der Waals surface area (Å²) in [6.07, 6.45) is 2.30. The Kier molecular flexibility index (Phi) is 3.25. The highest BCUT2D eigenvalue weighted by Gasteiger charge is 2.23. The zero-order valence-electron chi connectivity index (χ0n) is 9.77. The van der Waals surface area contributed by atoms with Crippen LogP contribution in [0.25, 0.3) is 0 Å². The van der Waals surface area contributed by atoms with E-state index in [4.69, 9.17) is 4.74 Å². The lowest BCUT2D eigenvalue weighted by atomic mass is 10.1. The summed E-state index contributed by atoms with van der Waals surface area (Å²) in [6, 6.07) is 5.83. The van der Waals surface area contributed by atoms with Crippen molar-refractivity contribution in [3.8, 4) is 0 Å². The number of hydrogen-bond donors (Lipinski definition) is 0. The molecule has 0 N–H and O–H groups in total. The standard InChI is InChI=1S/C13H17NO2/c1-10-7-11(9-15)3-4-13(10)14-6-5-12(8-14)16-2/h3-4,7,9,12H,5-6,8H2,1-2H3. The molecule has 0 amide bonds. The van der Waals surface area contributed by atoms with Gasteiger partial charge in [-0.05, 0) is 37.1 Å². The predicted octanol–water partition coefficient (Wildman–Crippen LogP) is 2.03. The predicted molar refractivity (Wildman–Crippen MR) is 64.2 cm³/mol. The van der Waals surface area contributed by atoms with Gasteiger partial charge < -0.3 is 9.64 Å². The molecular formula is C13H17NO2. The summed E-state index contributed by atoms with van der Waals surface area (Å²) in [5.41, 5.74) is 3.11. The van der Waals surface area contributed by atoms with Crippen LogP contribution in [0.4, 0.5) is 5.69 Å². The van der Waals surface area contributed by atoms with Crippen LogP contribution in [0, 0.1) is 6.92 Å². The molecule has 1 fully saturated rings. The van der Waals surface area contributed by atoms with Crippen molar-refractivity contribution < 1.29 is 9.53 Å². The SMILES string of the molecule is COC1CCN(c2ccc(C=O)cc2C)C1. The normalized spacial score (nSPS) is 20.1. The lowest BCUT2D eigenvalue weighted by Crippen LogP contribution is -2.22. The Morgan fingerprint density at radius 3 is 2.88 bits per heavy atom. The number of methoxy groups -OCH3 is 1. The molecule has 0 aliphatic carbocycles. The van der Waals surface area contributed by atoms with E-state index >= 15 is 0 Å². The highest BCUT2D eigenvalue weighted by atomic mass is 16.5. The molecule has 1 atom stereocenters. The van der Waals surface area contributed by atoms with Gasteiger partial charge in [0.25, 0.3) is 0 Å². The third-order valence-electron chi connectivity index (χ3n) is 3.18. The number of ether oxygens (including phenoxy) is 1. The van der Waals surface area contributed by atoms with E-state index in [1.807, 2.05) is 25.1 Å². The van der Waals surface area contributed by atoms with Crippen molar-refractivity contribution in [1.29, 1.82) is 0 Å². The van der Waals surface area contributed by atoms with Crippen LogP contribution in [-0.4, -0.2) is 32.6 Å². The molecule has 1 heterocycles. The molecule has 16 heavy (non-hydrogen) atoms. The summed E-state index contributed by atoms with van der Waals surface area (Å²) < 4.78 is 5.35. The highest BCUT2D eigenvalue weighted by molar-refractivity contribution is 5.77. The Hall–Kier alpha value is -1.35. The topological polar surface area (TPSA) is 29.5 Å². The van der Waals surface area contributed by atoms with Crippen molar-refractivity contribution in [3.63, 3.8) is 0 Å². The van der Waals surface area contributed by atoms with E-state index in [0.29, 0.717) is 6.10 Å². The Bertz CT molecular complexity index is 390. The minimum Gasteiger partial charge on any atom is -0.380 e. The van der Waals surface area contributed by atoms with Crippen molar-refractivity contribution in [3.05, 3.63) is 29.3 Å². The maximum absolute atomic E-state index is 10.7. The van der Waals surface area contributed by atoms with Crippen molar-refractivity contribution in [1.82, 2.24) is 0 Å². The maximum Gasteiger partial charge on any atom is 0.150 e. The van der Waals surface area contributed by atoms with E-state index < -0.39 is 0 Å². The molecular weight excluding hydrogens is 202 g/mol. The molecule has 1 aromatic rings. The molecule has 86 valence electrons. The Labute approximate surface area is 96.0 Å². The first kappa shape index (κ1) is 11.1. The van der Waals surface area contributed by atoms with Gasteiger partial charge in [-0.2, -0.15) is 0 Å². The van der Waals surface area contributed by atoms with E-state index in [1.165, 1.54) is 5.69 Å². The van der Waals surface area contributed by atoms with Crippen LogP contribution in [0.1, 0.15) is 22.3 Å². The van der Waals surface area contributed by atoms with Crippen molar-refractivity contribution in [2.24, 2.45) is 0 Å². The molecule has 0 aromatic heterocycles. The number of anilines is 1. The number of carbonyl (C=O) groups is 1. The number of aldehydes is 1. The van der Waals surface area contributed by atoms with Gasteiger partial charge >= 0.3 is 0 Å². The van der Waals surface area contributed by atoms with Gasteiger partial charge in [0, 0.05) is 31.5 Å². The van der Waals surface area contributed by atoms with Crippen LogP contribution >= 0.6 is 0 Å². The van der Waals surface area contributed by atoms with Crippen molar-refractivity contribution in [2.75, 3.05) is 25.1 Å². The minimum atomic E-state index is 0.338. The van der Waals surface area contributed by atoms with Gasteiger partial charge in [0.2, 0.25) is 0 Å². The molecule has 1 aromatic carbocycles. The van der Waals surface area contributed by atoms with Gasteiger partial charge in [0.1, 0.15) is 6.29 Å². The first-order valence-electron chi connectivity index (χ1n) is 5.58. The summed E-state index contributed by atoms with van der Waals surface area (Å²) in [5, 5.41) is 0. The summed E-state index contributed by atoms with van der Waals surface area (Å²) in [6.45, 7) is 4.01. The highest BCUT2D eigenvalue weighted by Crippen LogP contribution is 2.25. The second kappa shape index (κ2) is 4.66. The van der Waals surface area contributed by atoms with E-state index in [0.717, 1.165) is 36.9 Å². The summed E-state index contributed by atoms with van der Waals surface area (Å²) >= 11 is 0. The Morgan fingerprint density at radius 2 is 2.31 bits per heavy atom. The maximum atomic E-state index is 10.7. The van der Waals surface area contributed by atoms with Crippen molar-refractivity contribution >= 4 is 12.0 Å². The molecule has 1 unspecified atom stereocenters. The molecule has 0 radical (unpaired) electrons. The lowest BCUT2D eigenvalue weighted by Gasteiger charge is -2.20. The Morgan fingerprint density at radius 1 is 1.50 bits per heavy atom. The number of carbonyl (C=O) groups excluding carboxylic acids is 1. The van der Waals surface area contributed by atoms with Crippen LogP contribution in [0.15, 0.2) is 18.2 Å². The third-order valence-corrected chi connectivity index (χ3v) is 3.18. The van der Waals surface area contributed by atoms with E-state index in [1.54, 1.807) is 7.11 Å². The molecule has 0 saturated carbocycles. The zero-order chi connectivity index (χ0) is 11.5. The monoisotopic (exact) mass is 219 g/mol. The minimum absolute atomic E-state index is 0.338.